The van der Waals surface area contributed by atoms with Gasteiger partial charge in [0, 0.05) is 20.3 Å². The number of hydrogen-bond acceptors (Lipinski definition) is 7. The number of unbranched alkanes of at least 4 members (excludes halogenated alkanes) is 1. The van der Waals surface area contributed by atoms with Crippen molar-refractivity contribution in [3.63, 3.8) is 0 Å². The zero-order chi connectivity index (χ0) is 15.8. The molecule has 124 valence electrons. The van der Waals surface area contributed by atoms with Crippen LogP contribution in [0.1, 0.15) is 38.4 Å². The molecule has 0 amide bonds. The minimum absolute atomic E-state index is 0.213. The molecular weight excluding hydrogens is 284 g/mol. The summed E-state index contributed by atoms with van der Waals surface area (Å²) in [7, 11) is 1.61. The molecule has 1 fully saturated rings. The molecule has 0 aliphatic carbocycles. The maximum absolute atomic E-state index is 6.12. The zero-order valence-corrected chi connectivity index (χ0v) is 13.4. The normalized spacial score (nSPS) is 17.6. The first-order valence-corrected chi connectivity index (χ1v) is 7.88. The van der Waals surface area contributed by atoms with Crippen molar-refractivity contribution >= 4 is 11.5 Å². The summed E-state index contributed by atoms with van der Waals surface area (Å²) < 4.78 is 16.4. The van der Waals surface area contributed by atoms with Crippen LogP contribution in [0.4, 0.5) is 11.5 Å². The van der Waals surface area contributed by atoms with Gasteiger partial charge in [0.15, 0.2) is 11.6 Å². The lowest BCUT2D eigenvalue weighted by molar-refractivity contribution is 0.120. The van der Waals surface area contributed by atoms with Crippen LogP contribution in [-0.4, -0.2) is 42.9 Å². The molecule has 7 heteroatoms. The third-order valence-corrected chi connectivity index (χ3v) is 3.49. The predicted molar refractivity (Wildman–Crippen MR) is 85.0 cm³/mol. The molecule has 1 aromatic rings. The highest BCUT2D eigenvalue weighted by Crippen LogP contribution is 2.27. The molecule has 1 aromatic heterocycles. The van der Waals surface area contributed by atoms with Crippen molar-refractivity contribution in [3.05, 3.63) is 5.82 Å². The Morgan fingerprint density at radius 2 is 2.27 bits per heavy atom. The number of nitrogens with two attached hydrogens (primary N) is 1. The molecule has 22 heavy (non-hydrogen) atoms. The fourth-order valence-electron chi connectivity index (χ4n) is 2.26. The van der Waals surface area contributed by atoms with Crippen LogP contribution in [0.15, 0.2) is 0 Å². The first-order chi connectivity index (χ1) is 10.7. The van der Waals surface area contributed by atoms with Gasteiger partial charge in [-0.2, -0.15) is 4.98 Å². The molecule has 0 aromatic carbocycles. The van der Waals surface area contributed by atoms with Gasteiger partial charge in [-0.25, -0.2) is 4.98 Å². The number of nitrogens with zero attached hydrogens (tertiary/aromatic N) is 2. The SMILES string of the molecule is CCCCOc1nc(COC)nc(NCC2CCCO2)c1N. The van der Waals surface area contributed by atoms with Gasteiger partial charge in [-0.15, -0.1) is 0 Å². The standard InChI is InChI=1S/C15H26N4O3/c1-3-4-7-22-15-13(16)14(18-12(19-15)10-20-2)17-9-11-6-5-8-21-11/h11H,3-10,16H2,1-2H3,(H,17,18,19). The molecule has 1 atom stereocenters. The van der Waals surface area contributed by atoms with Gasteiger partial charge < -0.3 is 25.3 Å². The Hall–Kier alpha value is -1.60. The van der Waals surface area contributed by atoms with Gasteiger partial charge in [0.25, 0.3) is 0 Å². The van der Waals surface area contributed by atoms with Crippen molar-refractivity contribution in [2.45, 2.75) is 45.3 Å². The van der Waals surface area contributed by atoms with Crippen molar-refractivity contribution < 1.29 is 14.2 Å². The molecule has 0 saturated carbocycles. The number of ether oxygens (including phenoxy) is 3. The Balaban J connectivity index is 2.07. The molecule has 0 spiro atoms. The average molecular weight is 310 g/mol. The van der Waals surface area contributed by atoms with E-state index in [9.17, 15) is 0 Å². The molecule has 1 aliphatic rings. The second-order valence-corrected chi connectivity index (χ2v) is 5.36. The van der Waals surface area contributed by atoms with Gasteiger partial charge >= 0.3 is 0 Å². The smallest absolute Gasteiger partial charge is 0.242 e. The number of hydrogen-bond donors (Lipinski definition) is 2. The fourth-order valence-corrected chi connectivity index (χ4v) is 2.26. The Labute approximate surface area is 131 Å². The molecule has 0 radical (unpaired) electrons. The van der Waals surface area contributed by atoms with Gasteiger partial charge in [-0.1, -0.05) is 13.3 Å². The number of aromatic nitrogens is 2. The van der Waals surface area contributed by atoms with Crippen molar-refractivity contribution in [3.8, 4) is 5.88 Å². The Kier molecular flexibility index (Phi) is 6.67. The lowest BCUT2D eigenvalue weighted by Gasteiger charge is -2.16. The zero-order valence-electron chi connectivity index (χ0n) is 13.4. The topological polar surface area (TPSA) is 91.5 Å². The molecular formula is C15H26N4O3. The van der Waals surface area contributed by atoms with Gasteiger partial charge in [0.2, 0.25) is 5.88 Å². The maximum atomic E-state index is 6.12. The van der Waals surface area contributed by atoms with E-state index in [1.165, 1.54) is 0 Å². The Morgan fingerprint density at radius 1 is 1.41 bits per heavy atom. The lowest BCUT2D eigenvalue weighted by atomic mass is 10.2. The molecule has 2 rings (SSSR count). The van der Waals surface area contributed by atoms with Crippen LogP contribution in [-0.2, 0) is 16.1 Å². The number of methoxy groups -OCH3 is 1. The van der Waals surface area contributed by atoms with Crippen molar-refractivity contribution in [1.29, 1.82) is 0 Å². The summed E-state index contributed by atoms with van der Waals surface area (Å²) in [4.78, 5) is 8.72. The molecule has 2 heterocycles. The highest BCUT2D eigenvalue weighted by molar-refractivity contribution is 5.67. The monoisotopic (exact) mass is 310 g/mol. The third-order valence-electron chi connectivity index (χ3n) is 3.49. The second-order valence-electron chi connectivity index (χ2n) is 5.36. The van der Waals surface area contributed by atoms with Crippen molar-refractivity contribution in [2.75, 3.05) is 37.9 Å². The molecule has 3 N–H and O–H groups in total. The quantitative estimate of drug-likeness (QED) is 0.674. The number of rotatable bonds is 9. The molecule has 1 aliphatic heterocycles. The van der Waals surface area contributed by atoms with Crippen LogP contribution in [0.5, 0.6) is 5.88 Å². The molecule has 7 nitrogen and oxygen atoms in total. The Morgan fingerprint density at radius 3 is 2.95 bits per heavy atom. The molecule has 1 saturated heterocycles. The first-order valence-electron chi connectivity index (χ1n) is 7.88. The second kappa shape index (κ2) is 8.75. The highest BCUT2D eigenvalue weighted by Gasteiger charge is 2.18. The number of nitrogens with one attached hydrogen (secondary N) is 1. The summed E-state index contributed by atoms with van der Waals surface area (Å²) in [6.45, 7) is 4.53. The third kappa shape index (κ3) is 4.71. The summed E-state index contributed by atoms with van der Waals surface area (Å²) >= 11 is 0. The van der Waals surface area contributed by atoms with E-state index in [1.807, 2.05) is 0 Å². The van der Waals surface area contributed by atoms with E-state index in [1.54, 1.807) is 7.11 Å². The summed E-state index contributed by atoms with van der Waals surface area (Å²) in [6, 6.07) is 0. The largest absolute Gasteiger partial charge is 0.476 e. The minimum Gasteiger partial charge on any atom is -0.476 e. The molecule has 0 bridgehead atoms. The van der Waals surface area contributed by atoms with Gasteiger partial charge in [-0.05, 0) is 19.3 Å². The van der Waals surface area contributed by atoms with E-state index in [0.717, 1.165) is 32.3 Å². The van der Waals surface area contributed by atoms with Gasteiger partial charge in [0.05, 0.1) is 12.7 Å². The summed E-state index contributed by atoms with van der Waals surface area (Å²) in [5.41, 5.74) is 6.56. The van der Waals surface area contributed by atoms with Crippen molar-refractivity contribution in [2.24, 2.45) is 0 Å². The van der Waals surface area contributed by atoms with E-state index < -0.39 is 0 Å². The van der Waals surface area contributed by atoms with Crippen LogP contribution in [0.25, 0.3) is 0 Å². The van der Waals surface area contributed by atoms with Crippen LogP contribution in [0.2, 0.25) is 0 Å². The van der Waals surface area contributed by atoms with Gasteiger partial charge in [0.1, 0.15) is 12.3 Å². The van der Waals surface area contributed by atoms with Crippen LogP contribution in [0.3, 0.4) is 0 Å². The number of nitrogen functional groups attached to an aromatic ring is 1. The minimum atomic E-state index is 0.213. The summed E-state index contributed by atoms with van der Waals surface area (Å²) in [5.74, 6) is 1.56. The van der Waals surface area contributed by atoms with E-state index in [0.29, 0.717) is 43.0 Å². The van der Waals surface area contributed by atoms with Crippen LogP contribution < -0.4 is 15.8 Å². The lowest BCUT2D eigenvalue weighted by Crippen LogP contribution is -2.20. The van der Waals surface area contributed by atoms with E-state index in [4.69, 9.17) is 19.9 Å². The van der Waals surface area contributed by atoms with Gasteiger partial charge in [-0.3, -0.25) is 0 Å². The number of anilines is 2. The average Bonchev–Trinajstić information content (AvgIpc) is 3.02. The van der Waals surface area contributed by atoms with E-state index in [-0.39, 0.29) is 6.10 Å². The predicted octanol–water partition coefficient (Wildman–Crippen LogP) is 1.97. The first kappa shape index (κ1) is 16.8. The maximum Gasteiger partial charge on any atom is 0.242 e. The summed E-state index contributed by atoms with van der Waals surface area (Å²) in [6.07, 6.45) is 4.39. The van der Waals surface area contributed by atoms with Crippen LogP contribution >= 0.6 is 0 Å². The van der Waals surface area contributed by atoms with Crippen LogP contribution in [0, 0.1) is 0 Å². The molecule has 1 unspecified atom stereocenters. The van der Waals surface area contributed by atoms with E-state index >= 15 is 0 Å². The Bertz CT molecular complexity index is 464. The van der Waals surface area contributed by atoms with Crippen molar-refractivity contribution in [1.82, 2.24) is 9.97 Å². The summed E-state index contributed by atoms with van der Waals surface area (Å²) in [5, 5.41) is 3.25. The fraction of sp³-hybridized carbons (Fsp3) is 0.733. The van der Waals surface area contributed by atoms with E-state index in [2.05, 4.69) is 22.2 Å². The highest BCUT2D eigenvalue weighted by atomic mass is 16.5.